The summed E-state index contributed by atoms with van der Waals surface area (Å²) in [6.07, 6.45) is 2.26. The molecule has 0 aliphatic heterocycles. The van der Waals surface area contributed by atoms with Crippen LogP contribution in [0.1, 0.15) is 25.8 Å². The van der Waals surface area contributed by atoms with Gasteiger partial charge < -0.3 is 31.9 Å². The molecule has 0 aliphatic rings. The van der Waals surface area contributed by atoms with E-state index in [1.807, 2.05) is 6.92 Å². The Morgan fingerprint density at radius 3 is 2.30 bits per heavy atom. The van der Waals surface area contributed by atoms with Crippen molar-refractivity contribution < 1.29 is 29.4 Å². The molecule has 165 valence electrons. The highest BCUT2D eigenvalue weighted by Crippen LogP contribution is 2.12. The third-order valence-electron chi connectivity index (χ3n) is 4.61. The van der Waals surface area contributed by atoms with E-state index >= 15 is 0 Å². The van der Waals surface area contributed by atoms with Gasteiger partial charge in [-0.25, -0.2) is 0 Å². The van der Waals surface area contributed by atoms with Crippen LogP contribution in [0, 0.1) is 5.92 Å². The first-order chi connectivity index (χ1) is 14.2. The van der Waals surface area contributed by atoms with Gasteiger partial charge in [-0.1, -0.05) is 32.4 Å². The number of amides is 3. The highest BCUT2D eigenvalue weighted by molar-refractivity contribution is 5.92. The molecule has 1 aromatic rings. The number of hydrogen-bond acceptors (Lipinski definition) is 7. The predicted molar refractivity (Wildman–Crippen MR) is 109 cm³/mol. The topological polar surface area (TPSA) is 171 Å². The zero-order valence-electron chi connectivity index (χ0n) is 17.1. The Kier molecular flexibility index (Phi) is 10.5. The molecule has 0 heterocycles. The smallest absolute Gasteiger partial charge is 0.243 e. The molecule has 0 fully saturated rings. The van der Waals surface area contributed by atoms with Crippen LogP contribution in [-0.2, 0) is 25.6 Å². The van der Waals surface area contributed by atoms with Gasteiger partial charge in [-0.3, -0.25) is 19.2 Å². The highest BCUT2D eigenvalue weighted by atomic mass is 16.3. The first kappa shape index (κ1) is 25.1. The van der Waals surface area contributed by atoms with Crippen molar-refractivity contribution in [3.05, 3.63) is 29.8 Å². The van der Waals surface area contributed by atoms with E-state index < -0.39 is 49.0 Å². The summed E-state index contributed by atoms with van der Waals surface area (Å²) in [4.78, 5) is 47.3. The molecule has 0 unspecified atom stereocenters. The summed E-state index contributed by atoms with van der Waals surface area (Å²) in [5.41, 5.74) is 6.71. The Hall–Kier alpha value is -2.98. The number of nitrogens with one attached hydrogen (secondary N) is 3. The zero-order chi connectivity index (χ0) is 22.7. The highest BCUT2D eigenvalue weighted by Gasteiger charge is 2.28. The molecular formula is C20H29N4O6. The number of aliphatic hydroxyl groups is 1. The largest absolute Gasteiger partial charge is 0.508 e. The minimum Gasteiger partial charge on any atom is -0.508 e. The molecule has 0 aliphatic carbocycles. The van der Waals surface area contributed by atoms with Crippen LogP contribution >= 0.6 is 0 Å². The van der Waals surface area contributed by atoms with Gasteiger partial charge in [-0.2, -0.15) is 0 Å². The maximum atomic E-state index is 12.5. The van der Waals surface area contributed by atoms with Gasteiger partial charge in [0.05, 0.1) is 19.2 Å². The van der Waals surface area contributed by atoms with Gasteiger partial charge in [-0.15, -0.1) is 0 Å². The average Bonchev–Trinajstić information content (AvgIpc) is 2.74. The fraction of sp³-hybridized carbons (Fsp3) is 0.500. The van der Waals surface area contributed by atoms with E-state index in [0.717, 1.165) is 5.56 Å². The number of aliphatic hydroxyl groups excluding tert-OH is 1. The lowest BCUT2D eigenvalue weighted by molar-refractivity contribution is -0.132. The van der Waals surface area contributed by atoms with Crippen molar-refractivity contribution in [1.82, 2.24) is 16.0 Å². The molecule has 0 bridgehead atoms. The van der Waals surface area contributed by atoms with Crippen molar-refractivity contribution >= 4 is 24.0 Å². The third kappa shape index (κ3) is 8.18. The van der Waals surface area contributed by atoms with Gasteiger partial charge in [0.15, 0.2) is 0 Å². The lowest BCUT2D eigenvalue weighted by Crippen LogP contribution is -2.55. The number of rotatable bonds is 12. The molecule has 0 spiro atoms. The zero-order valence-corrected chi connectivity index (χ0v) is 17.1. The number of nitrogens with two attached hydrogens (primary N) is 1. The molecule has 1 radical (unpaired) electrons. The summed E-state index contributed by atoms with van der Waals surface area (Å²) in [6, 6.07) is 3.29. The van der Waals surface area contributed by atoms with E-state index in [-0.39, 0.29) is 18.1 Å². The van der Waals surface area contributed by atoms with E-state index in [9.17, 15) is 24.3 Å². The van der Waals surface area contributed by atoms with Gasteiger partial charge in [-0.05, 0) is 30.0 Å². The first-order valence-electron chi connectivity index (χ1n) is 9.61. The lowest BCUT2D eigenvalue weighted by atomic mass is 9.97. The van der Waals surface area contributed by atoms with Crippen LogP contribution in [0.25, 0.3) is 0 Å². The second-order valence-electron chi connectivity index (χ2n) is 6.99. The van der Waals surface area contributed by atoms with Crippen molar-refractivity contribution in [2.75, 3.05) is 13.2 Å². The predicted octanol–water partition coefficient (Wildman–Crippen LogP) is -1.50. The molecule has 0 saturated carbocycles. The second kappa shape index (κ2) is 12.6. The fourth-order valence-corrected chi connectivity index (χ4v) is 2.58. The molecule has 1 aromatic carbocycles. The van der Waals surface area contributed by atoms with Crippen molar-refractivity contribution in [2.24, 2.45) is 11.7 Å². The first-order valence-corrected chi connectivity index (χ1v) is 9.61. The molecular weight excluding hydrogens is 392 g/mol. The van der Waals surface area contributed by atoms with Gasteiger partial charge in [0, 0.05) is 0 Å². The second-order valence-corrected chi connectivity index (χ2v) is 6.99. The molecule has 4 atom stereocenters. The number of phenolic OH excluding ortho intramolecular Hbond substituents is 1. The number of carbonyl (C=O) groups excluding carboxylic acids is 4. The summed E-state index contributed by atoms with van der Waals surface area (Å²) < 4.78 is 0. The van der Waals surface area contributed by atoms with E-state index in [0.29, 0.717) is 6.42 Å². The summed E-state index contributed by atoms with van der Waals surface area (Å²) in [5, 5.41) is 25.4. The fourth-order valence-electron chi connectivity index (χ4n) is 2.58. The number of aromatic hydroxyl groups is 1. The molecule has 3 amide bonds. The SMILES string of the molecule is CC[C@H](C)[C@H](NC(=O)[C@@H](N)Cc1ccc(O)cc1)C(=O)NCC(=O)N[C@H]([C]=O)CO. The van der Waals surface area contributed by atoms with Crippen LogP contribution < -0.4 is 21.7 Å². The number of carbonyl (C=O) groups is 3. The maximum absolute atomic E-state index is 12.5. The maximum Gasteiger partial charge on any atom is 0.243 e. The third-order valence-corrected chi connectivity index (χ3v) is 4.61. The molecule has 10 heteroatoms. The number of benzene rings is 1. The number of hydrogen-bond donors (Lipinski definition) is 6. The quantitative estimate of drug-likeness (QED) is 0.238. The Morgan fingerprint density at radius 1 is 1.13 bits per heavy atom. The van der Waals surface area contributed by atoms with Crippen molar-refractivity contribution in [3.8, 4) is 5.75 Å². The minimum absolute atomic E-state index is 0.102. The average molecular weight is 421 g/mol. The van der Waals surface area contributed by atoms with Crippen LogP contribution in [0.4, 0.5) is 0 Å². The molecule has 1 rings (SSSR count). The van der Waals surface area contributed by atoms with Gasteiger partial charge >= 0.3 is 0 Å². The summed E-state index contributed by atoms with van der Waals surface area (Å²) >= 11 is 0. The number of phenols is 1. The molecule has 30 heavy (non-hydrogen) atoms. The van der Waals surface area contributed by atoms with E-state index in [1.54, 1.807) is 19.1 Å². The van der Waals surface area contributed by atoms with Crippen molar-refractivity contribution in [1.29, 1.82) is 0 Å². The van der Waals surface area contributed by atoms with E-state index in [4.69, 9.17) is 10.8 Å². The Morgan fingerprint density at radius 2 is 1.77 bits per heavy atom. The van der Waals surface area contributed by atoms with Crippen LogP contribution in [0.3, 0.4) is 0 Å². The van der Waals surface area contributed by atoms with Gasteiger partial charge in [0.2, 0.25) is 24.0 Å². The summed E-state index contributed by atoms with van der Waals surface area (Å²) in [7, 11) is 0. The summed E-state index contributed by atoms with van der Waals surface area (Å²) in [5.74, 6) is -1.90. The standard InChI is InChI=1S/C20H29N4O6/c1-3-12(2)18(20(30)22-9-17(28)23-14(10-25)11-26)24-19(29)16(21)8-13-4-6-15(27)7-5-13/h4-7,12,14,16,18,25,27H,3,8-10,21H2,1-2H3,(H,22,30)(H,23,28)(H,24,29)/t12-,14-,16-,18-/m0/s1. The van der Waals surface area contributed by atoms with Crippen molar-refractivity contribution in [2.45, 2.75) is 44.8 Å². The van der Waals surface area contributed by atoms with Crippen LogP contribution in [-0.4, -0.2) is 65.5 Å². The minimum atomic E-state index is -1.17. The molecule has 0 aromatic heterocycles. The molecule has 0 saturated heterocycles. The van der Waals surface area contributed by atoms with Crippen LogP contribution in [0.15, 0.2) is 24.3 Å². The monoisotopic (exact) mass is 421 g/mol. The molecule has 7 N–H and O–H groups in total. The van der Waals surface area contributed by atoms with Crippen LogP contribution in [0.5, 0.6) is 5.75 Å². The van der Waals surface area contributed by atoms with Crippen molar-refractivity contribution in [3.63, 3.8) is 0 Å². The Balaban J connectivity index is 2.67. The van der Waals surface area contributed by atoms with E-state index in [2.05, 4.69) is 16.0 Å². The van der Waals surface area contributed by atoms with Gasteiger partial charge in [0.25, 0.3) is 0 Å². The van der Waals surface area contributed by atoms with Gasteiger partial charge in [0.1, 0.15) is 17.8 Å². The van der Waals surface area contributed by atoms with E-state index in [1.165, 1.54) is 18.4 Å². The molecule has 10 nitrogen and oxygen atoms in total. The normalized spacial score (nSPS) is 14.7. The van der Waals surface area contributed by atoms with Crippen LogP contribution in [0.2, 0.25) is 0 Å². The lowest BCUT2D eigenvalue weighted by Gasteiger charge is -2.25. The Labute approximate surface area is 175 Å². The Bertz CT molecular complexity index is 725. The summed E-state index contributed by atoms with van der Waals surface area (Å²) in [6.45, 7) is 2.60.